The third-order valence-corrected chi connectivity index (χ3v) is 9.28. The summed E-state index contributed by atoms with van der Waals surface area (Å²) in [6.07, 6.45) is 5.00. The van der Waals surface area contributed by atoms with Gasteiger partial charge in [0.2, 0.25) is 11.8 Å². The molecule has 41 heavy (non-hydrogen) atoms. The smallest absolute Gasteiger partial charge is 0.264 e. The van der Waals surface area contributed by atoms with E-state index in [4.69, 9.17) is 0 Å². The highest BCUT2D eigenvalue weighted by Gasteiger charge is 2.33. The topological polar surface area (TPSA) is 86.8 Å². The zero-order valence-corrected chi connectivity index (χ0v) is 24.7. The fraction of sp³-hybridized carbons (Fsp3) is 0.375. The molecule has 0 saturated heterocycles. The summed E-state index contributed by atoms with van der Waals surface area (Å²) < 4.78 is 42.6. The quantitative estimate of drug-likeness (QED) is 0.344. The number of amides is 2. The van der Waals surface area contributed by atoms with Gasteiger partial charge < -0.3 is 10.2 Å². The molecular weight excluding hydrogens is 541 g/mol. The number of aryl methyl sites for hydroxylation is 2. The first-order chi connectivity index (χ1) is 19.5. The van der Waals surface area contributed by atoms with Crippen LogP contribution in [-0.2, 0) is 26.2 Å². The molecular formula is C32H38FN3O4S. The van der Waals surface area contributed by atoms with E-state index < -0.39 is 34.3 Å². The molecule has 1 aliphatic rings. The lowest BCUT2D eigenvalue weighted by Gasteiger charge is -2.33. The van der Waals surface area contributed by atoms with Crippen molar-refractivity contribution in [3.05, 3.63) is 95.3 Å². The molecule has 7 nitrogen and oxygen atoms in total. The van der Waals surface area contributed by atoms with Crippen molar-refractivity contribution >= 4 is 27.5 Å². The summed E-state index contributed by atoms with van der Waals surface area (Å²) in [7, 11) is -4.13. The van der Waals surface area contributed by atoms with E-state index in [1.807, 2.05) is 19.9 Å². The van der Waals surface area contributed by atoms with Crippen LogP contribution in [0.2, 0.25) is 0 Å². The number of rotatable bonds is 10. The lowest BCUT2D eigenvalue weighted by Crippen LogP contribution is -2.53. The molecule has 4 rings (SSSR count). The molecule has 0 aliphatic heterocycles. The van der Waals surface area contributed by atoms with Crippen LogP contribution in [0.1, 0.15) is 55.7 Å². The zero-order chi connectivity index (χ0) is 29.6. The molecule has 1 unspecified atom stereocenters. The van der Waals surface area contributed by atoms with Gasteiger partial charge in [0, 0.05) is 12.6 Å². The summed E-state index contributed by atoms with van der Waals surface area (Å²) in [4.78, 5) is 28.9. The molecule has 2 amide bonds. The van der Waals surface area contributed by atoms with Crippen molar-refractivity contribution in [1.29, 1.82) is 0 Å². The van der Waals surface area contributed by atoms with E-state index in [0.717, 1.165) is 47.5 Å². The number of anilines is 1. The number of nitrogens with one attached hydrogen (secondary N) is 1. The summed E-state index contributed by atoms with van der Waals surface area (Å²) in [5.41, 5.74) is 2.69. The zero-order valence-electron chi connectivity index (χ0n) is 23.8. The van der Waals surface area contributed by atoms with Gasteiger partial charge >= 0.3 is 0 Å². The number of hydrogen-bond donors (Lipinski definition) is 1. The van der Waals surface area contributed by atoms with Crippen LogP contribution in [0.4, 0.5) is 10.1 Å². The SMILES string of the molecule is Cc1cc(C)cc(N(CC(=O)N(Cc2ccc(F)cc2)C(C)C(=O)NC2CCCCC2)S(=O)(=O)c2ccccc2)c1. The Bertz CT molecular complexity index is 1440. The van der Waals surface area contributed by atoms with Gasteiger partial charge in [-0.1, -0.05) is 55.7 Å². The third kappa shape index (κ3) is 7.73. The van der Waals surface area contributed by atoms with Gasteiger partial charge in [0.05, 0.1) is 10.6 Å². The number of carbonyl (C=O) groups excluding carboxylic acids is 2. The van der Waals surface area contributed by atoms with Crippen molar-refractivity contribution in [2.45, 2.75) is 76.4 Å². The average Bonchev–Trinajstić information content (AvgIpc) is 2.95. The van der Waals surface area contributed by atoms with Gasteiger partial charge in [-0.2, -0.15) is 0 Å². The van der Waals surface area contributed by atoms with E-state index >= 15 is 0 Å². The molecule has 0 radical (unpaired) electrons. The molecule has 1 fully saturated rings. The Morgan fingerprint density at radius 3 is 2.15 bits per heavy atom. The monoisotopic (exact) mass is 579 g/mol. The van der Waals surface area contributed by atoms with Crippen molar-refractivity contribution in [2.75, 3.05) is 10.8 Å². The van der Waals surface area contributed by atoms with Gasteiger partial charge in [-0.3, -0.25) is 13.9 Å². The number of nitrogens with zero attached hydrogens (tertiary/aromatic N) is 2. The number of halogens is 1. The first-order valence-electron chi connectivity index (χ1n) is 14.0. The van der Waals surface area contributed by atoms with Crippen molar-refractivity contribution in [3.8, 4) is 0 Å². The highest BCUT2D eigenvalue weighted by atomic mass is 32.2. The fourth-order valence-electron chi connectivity index (χ4n) is 5.28. The van der Waals surface area contributed by atoms with E-state index in [0.29, 0.717) is 11.3 Å². The maximum atomic E-state index is 14.0. The standard InChI is InChI=1S/C32H38FN3O4S/c1-23-18-24(2)20-29(19-23)36(41(39,40)30-12-8-5-9-13-30)22-31(37)35(21-26-14-16-27(33)17-15-26)25(3)32(38)34-28-10-6-4-7-11-28/h5,8-9,12-20,25,28H,4,6-7,10-11,21-22H2,1-3H3,(H,34,38). The Morgan fingerprint density at radius 1 is 0.927 bits per heavy atom. The van der Waals surface area contributed by atoms with Crippen LogP contribution in [0, 0.1) is 19.7 Å². The van der Waals surface area contributed by atoms with Gasteiger partial charge in [0.15, 0.2) is 0 Å². The van der Waals surface area contributed by atoms with Gasteiger partial charge in [-0.15, -0.1) is 0 Å². The van der Waals surface area contributed by atoms with Crippen LogP contribution >= 0.6 is 0 Å². The molecule has 0 spiro atoms. The molecule has 218 valence electrons. The van der Waals surface area contributed by atoms with E-state index in [9.17, 15) is 22.4 Å². The minimum absolute atomic E-state index is 0.0183. The summed E-state index contributed by atoms with van der Waals surface area (Å²) in [6.45, 7) is 4.88. The lowest BCUT2D eigenvalue weighted by atomic mass is 9.95. The second-order valence-corrected chi connectivity index (χ2v) is 12.7. The van der Waals surface area contributed by atoms with Crippen LogP contribution in [-0.4, -0.2) is 43.8 Å². The van der Waals surface area contributed by atoms with Crippen molar-refractivity contribution in [3.63, 3.8) is 0 Å². The molecule has 1 aliphatic carbocycles. The fourth-order valence-corrected chi connectivity index (χ4v) is 6.70. The minimum Gasteiger partial charge on any atom is -0.352 e. The van der Waals surface area contributed by atoms with Gasteiger partial charge in [-0.25, -0.2) is 12.8 Å². The predicted molar refractivity (Wildman–Crippen MR) is 158 cm³/mol. The molecule has 3 aromatic rings. The third-order valence-electron chi connectivity index (χ3n) is 7.49. The predicted octanol–water partition coefficient (Wildman–Crippen LogP) is 5.50. The number of sulfonamides is 1. The molecule has 3 aromatic carbocycles. The van der Waals surface area contributed by atoms with Gasteiger partial charge in [0.1, 0.15) is 18.4 Å². The molecule has 1 saturated carbocycles. The molecule has 1 N–H and O–H groups in total. The Hall–Kier alpha value is -3.72. The number of hydrogen-bond acceptors (Lipinski definition) is 4. The first-order valence-corrected chi connectivity index (χ1v) is 15.5. The first kappa shape index (κ1) is 30.2. The molecule has 0 heterocycles. The van der Waals surface area contributed by atoms with E-state index in [1.54, 1.807) is 49.4 Å². The maximum absolute atomic E-state index is 14.0. The average molecular weight is 580 g/mol. The molecule has 0 bridgehead atoms. The molecule has 9 heteroatoms. The van der Waals surface area contributed by atoms with E-state index in [-0.39, 0.29) is 23.4 Å². The Kier molecular flexibility index (Phi) is 9.81. The van der Waals surface area contributed by atoms with Gasteiger partial charge in [0.25, 0.3) is 10.0 Å². The number of benzene rings is 3. The molecule has 0 aromatic heterocycles. The Labute approximate surface area is 242 Å². The van der Waals surface area contributed by atoms with Crippen LogP contribution in [0.25, 0.3) is 0 Å². The normalized spacial score (nSPS) is 14.7. The summed E-state index contributed by atoms with van der Waals surface area (Å²) in [5.74, 6) is -1.25. The van der Waals surface area contributed by atoms with Crippen LogP contribution in [0.3, 0.4) is 0 Å². The lowest BCUT2D eigenvalue weighted by molar-refractivity contribution is -0.139. The highest BCUT2D eigenvalue weighted by molar-refractivity contribution is 7.92. The minimum atomic E-state index is -4.13. The number of carbonyl (C=O) groups is 2. The summed E-state index contributed by atoms with van der Waals surface area (Å²) >= 11 is 0. The van der Waals surface area contributed by atoms with Gasteiger partial charge in [-0.05, 0) is 86.7 Å². The van der Waals surface area contributed by atoms with Crippen LogP contribution in [0.5, 0.6) is 0 Å². The van der Waals surface area contributed by atoms with Crippen molar-refractivity contribution < 1.29 is 22.4 Å². The van der Waals surface area contributed by atoms with E-state index in [2.05, 4.69) is 5.32 Å². The van der Waals surface area contributed by atoms with Crippen LogP contribution < -0.4 is 9.62 Å². The Morgan fingerprint density at radius 2 is 1.54 bits per heavy atom. The highest BCUT2D eigenvalue weighted by Crippen LogP contribution is 2.27. The second-order valence-electron chi connectivity index (χ2n) is 10.8. The summed E-state index contributed by atoms with van der Waals surface area (Å²) in [5, 5.41) is 3.08. The molecule has 1 atom stereocenters. The summed E-state index contributed by atoms with van der Waals surface area (Å²) in [6, 6.07) is 18.2. The van der Waals surface area contributed by atoms with Crippen LogP contribution in [0.15, 0.2) is 77.7 Å². The maximum Gasteiger partial charge on any atom is 0.264 e. The largest absolute Gasteiger partial charge is 0.352 e. The van der Waals surface area contributed by atoms with Crippen molar-refractivity contribution in [1.82, 2.24) is 10.2 Å². The van der Waals surface area contributed by atoms with E-state index in [1.165, 1.54) is 29.2 Å². The Balaban J connectivity index is 1.68. The second kappa shape index (κ2) is 13.3. The van der Waals surface area contributed by atoms with Crippen molar-refractivity contribution in [2.24, 2.45) is 0 Å².